The molecule has 0 aliphatic carbocycles. The maximum absolute atomic E-state index is 13.1. The van der Waals surface area contributed by atoms with E-state index in [4.69, 9.17) is 5.73 Å². The van der Waals surface area contributed by atoms with E-state index in [1.165, 1.54) is 12.1 Å². The van der Waals surface area contributed by atoms with Gasteiger partial charge in [0.2, 0.25) is 0 Å². The van der Waals surface area contributed by atoms with Gasteiger partial charge in [-0.15, -0.1) is 0 Å². The third-order valence-corrected chi connectivity index (χ3v) is 2.33. The number of hydrogen-bond acceptors (Lipinski definition) is 2. The van der Waals surface area contributed by atoms with E-state index in [1.807, 2.05) is 0 Å². The van der Waals surface area contributed by atoms with Gasteiger partial charge in [-0.3, -0.25) is 4.39 Å². The third-order valence-electron chi connectivity index (χ3n) is 1.72. The van der Waals surface area contributed by atoms with Crippen LogP contribution in [-0.2, 0) is 0 Å². The van der Waals surface area contributed by atoms with Crippen molar-refractivity contribution in [3.8, 4) is 0 Å². The first-order valence-corrected chi connectivity index (χ1v) is 4.99. The molecule has 0 fully saturated rings. The molecular weight excluding hydrogens is 254 g/mol. The van der Waals surface area contributed by atoms with Gasteiger partial charge in [0.1, 0.15) is 5.82 Å². The molecule has 0 aliphatic heterocycles. The summed E-state index contributed by atoms with van der Waals surface area (Å²) in [5, 5.41) is 2.86. The van der Waals surface area contributed by atoms with Crippen LogP contribution in [0.5, 0.6) is 0 Å². The van der Waals surface area contributed by atoms with Gasteiger partial charge < -0.3 is 11.1 Å². The maximum atomic E-state index is 13.1. The van der Waals surface area contributed by atoms with E-state index in [2.05, 4.69) is 21.2 Å². The van der Waals surface area contributed by atoms with E-state index in [1.54, 1.807) is 0 Å². The Bertz CT molecular complexity index is 318. The smallest absolute Gasteiger partial charge is 0.139 e. The fourth-order valence-corrected chi connectivity index (χ4v) is 1.37. The average molecular weight is 265 g/mol. The molecule has 3 N–H and O–H groups in total. The lowest BCUT2D eigenvalue weighted by atomic mass is 10.2. The fourth-order valence-electron chi connectivity index (χ4n) is 1.01. The highest BCUT2D eigenvalue weighted by molar-refractivity contribution is 9.10. The number of nitrogen functional groups attached to an aromatic ring is 1. The van der Waals surface area contributed by atoms with Crippen molar-refractivity contribution in [2.45, 2.75) is 6.42 Å². The molecule has 14 heavy (non-hydrogen) atoms. The summed E-state index contributed by atoms with van der Waals surface area (Å²) in [7, 11) is 0. The second-order valence-corrected chi connectivity index (χ2v) is 3.68. The molecule has 0 bridgehead atoms. The summed E-state index contributed by atoms with van der Waals surface area (Å²) in [6, 6.07) is 2.77. The van der Waals surface area contributed by atoms with Gasteiger partial charge in [-0.1, -0.05) is 0 Å². The molecule has 1 aromatic rings. The zero-order valence-electron chi connectivity index (χ0n) is 7.49. The standard InChI is InChI=1S/C9H11BrF2N2/c10-6-4-8(13)9(5-7(6)12)14-3-1-2-11/h4-5,14H,1-3,13H2. The number of anilines is 2. The zero-order valence-corrected chi connectivity index (χ0v) is 9.07. The molecule has 0 spiro atoms. The molecule has 0 heterocycles. The third kappa shape index (κ3) is 2.83. The number of nitrogens with one attached hydrogen (secondary N) is 1. The molecule has 0 amide bonds. The average Bonchev–Trinajstić information content (AvgIpc) is 2.14. The van der Waals surface area contributed by atoms with E-state index in [9.17, 15) is 8.78 Å². The Hall–Kier alpha value is -0.840. The lowest BCUT2D eigenvalue weighted by Crippen LogP contribution is -2.05. The summed E-state index contributed by atoms with van der Waals surface area (Å²) in [4.78, 5) is 0. The van der Waals surface area contributed by atoms with Crippen molar-refractivity contribution in [3.63, 3.8) is 0 Å². The highest BCUT2D eigenvalue weighted by atomic mass is 79.9. The first-order chi connectivity index (χ1) is 6.65. The molecule has 0 aromatic heterocycles. The maximum Gasteiger partial charge on any atom is 0.139 e. The van der Waals surface area contributed by atoms with E-state index in [0.717, 1.165) is 0 Å². The number of hydrogen-bond donors (Lipinski definition) is 2. The van der Waals surface area contributed by atoms with Crippen LogP contribution in [0.4, 0.5) is 20.2 Å². The van der Waals surface area contributed by atoms with Gasteiger partial charge >= 0.3 is 0 Å². The van der Waals surface area contributed by atoms with Gasteiger partial charge in [-0.2, -0.15) is 0 Å². The Morgan fingerprint density at radius 1 is 1.43 bits per heavy atom. The Labute approximate surface area is 89.6 Å². The summed E-state index contributed by atoms with van der Waals surface area (Å²) in [6.07, 6.45) is 0.386. The highest BCUT2D eigenvalue weighted by Crippen LogP contribution is 2.26. The molecule has 2 nitrogen and oxygen atoms in total. The molecule has 0 aliphatic rings. The Morgan fingerprint density at radius 3 is 2.79 bits per heavy atom. The van der Waals surface area contributed by atoms with E-state index >= 15 is 0 Å². The summed E-state index contributed by atoms with van der Waals surface area (Å²) in [5.41, 5.74) is 6.56. The van der Waals surface area contributed by atoms with Crippen molar-refractivity contribution in [2.75, 3.05) is 24.3 Å². The van der Waals surface area contributed by atoms with Crippen molar-refractivity contribution < 1.29 is 8.78 Å². The van der Waals surface area contributed by atoms with Gasteiger partial charge in [0.15, 0.2) is 0 Å². The lowest BCUT2D eigenvalue weighted by molar-refractivity contribution is 0.481. The van der Waals surface area contributed by atoms with Crippen LogP contribution in [0.15, 0.2) is 16.6 Å². The minimum Gasteiger partial charge on any atom is -0.397 e. The summed E-state index contributed by atoms with van der Waals surface area (Å²) < 4.78 is 25.2. The molecule has 78 valence electrons. The highest BCUT2D eigenvalue weighted by Gasteiger charge is 2.04. The number of rotatable bonds is 4. The van der Waals surface area contributed by atoms with Crippen molar-refractivity contribution in [3.05, 3.63) is 22.4 Å². The molecule has 5 heteroatoms. The zero-order chi connectivity index (χ0) is 10.6. The lowest BCUT2D eigenvalue weighted by Gasteiger charge is -2.09. The van der Waals surface area contributed by atoms with Crippen molar-refractivity contribution >= 4 is 27.3 Å². The molecule has 0 radical (unpaired) electrons. The van der Waals surface area contributed by atoms with Crippen LogP contribution >= 0.6 is 15.9 Å². The van der Waals surface area contributed by atoms with Gasteiger partial charge in [0, 0.05) is 12.6 Å². The van der Waals surface area contributed by atoms with Crippen LogP contribution in [0.3, 0.4) is 0 Å². The SMILES string of the molecule is Nc1cc(Br)c(F)cc1NCCCF. The van der Waals surface area contributed by atoms with Crippen LogP contribution in [0.1, 0.15) is 6.42 Å². The number of nitrogens with two attached hydrogens (primary N) is 1. The molecule has 0 unspecified atom stereocenters. The second kappa shape index (κ2) is 5.14. The largest absolute Gasteiger partial charge is 0.397 e. The minimum absolute atomic E-state index is 0.325. The van der Waals surface area contributed by atoms with Crippen molar-refractivity contribution in [1.82, 2.24) is 0 Å². The first kappa shape index (κ1) is 11.2. The van der Waals surface area contributed by atoms with E-state index in [-0.39, 0.29) is 5.82 Å². The van der Waals surface area contributed by atoms with Crippen LogP contribution in [0.25, 0.3) is 0 Å². The molecule has 0 saturated heterocycles. The van der Waals surface area contributed by atoms with E-state index in [0.29, 0.717) is 28.8 Å². The predicted octanol–water partition coefficient (Wildman–Crippen LogP) is 2.94. The summed E-state index contributed by atoms with van der Waals surface area (Å²) in [5.74, 6) is -0.387. The predicted molar refractivity (Wildman–Crippen MR) is 57.6 cm³/mol. The van der Waals surface area contributed by atoms with Crippen LogP contribution < -0.4 is 11.1 Å². The molecule has 0 atom stereocenters. The van der Waals surface area contributed by atoms with Crippen molar-refractivity contribution in [1.29, 1.82) is 0 Å². The van der Waals surface area contributed by atoms with Crippen LogP contribution in [0.2, 0.25) is 0 Å². The molecule has 1 rings (SSSR count). The monoisotopic (exact) mass is 264 g/mol. The quantitative estimate of drug-likeness (QED) is 0.648. The summed E-state index contributed by atoms with van der Waals surface area (Å²) >= 11 is 3.02. The minimum atomic E-state index is -0.397. The molecule has 0 saturated carbocycles. The van der Waals surface area contributed by atoms with Gasteiger partial charge in [0.25, 0.3) is 0 Å². The van der Waals surface area contributed by atoms with Gasteiger partial charge in [-0.05, 0) is 28.4 Å². The Balaban J connectivity index is 2.72. The van der Waals surface area contributed by atoms with Gasteiger partial charge in [-0.25, -0.2) is 4.39 Å². The number of alkyl halides is 1. The topological polar surface area (TPSA) is 38.0 Å². The Morgan fingerprint density at radius 2 is 2.14 bits per heavy atom. The first-order valence-electron chi connectivity index (χ1n) is 4.19. The van der Waals surface area contributed by atoms with Crippen LogP contribution in [0, 0.1) is 5.82 Å². The fraction of sp³-hybridized carbons (Fsp3) is 0.333. The Kier molecular flexibility index (Phi) is 4.13. The van der Waals surface area contributed by atoms with E-state index < -0.39 is 6.67 Å². The summed E-state index contributed by atoms with van der Waals surface area (Å²) in [6.45, 7) is 0.0493. The molecule has 1 aromatic carbocycles. The second-order valence-electron chi connectivity index (χ2n) is 2.82. The van der Waals surface area contributed by atoms with Crippen LogP contribution in [-0.4, -0.2) is 13.2 Å². The normalized spacial score (nSPS) is 10.2. The van der Waals surface area contributed by atoms with Crippen molar-refractivity contribution in [2.24, 2.45) is 0 Å². The number of benzene rings is 1. The number of halogens is 3. The van der Waals surface area contributed by atoms with Gasteiger partial charge in [0.05, 0.1) is 22.5 Å². The molecular formula is C9H11BrF2N2.